The number of benzene rings is 1. The smallest absolute Gasteiger partial charge is 0.416 e. The largest absolute Gasteiger partial charge is 0.480 e. The van der Waals surface area contributed by atoms with Gasteiger partial charge >= 0.3 is 12.1 Å². The van der Waals surface area contributed by atoms with E-state index in [-0.39, 0.29) is 23.6 Å². The van der Waals surface area contributed by atoms with Gasteiger partial charge < -0.3 is 20.1 Å². The van der Waals surface area contributed by atoms with Crippen molar-refractivity contribution in [2.45, 2.75) is 55.6 Å². The highest BCUT2D eigenvalue weighted by atomic mass is 32.2. The van der Waals surface area contributed by atoms with Gasteiger partial charge in [-0.2, -0.15) is 0 Å². The van der Waals surface area contributed by atoms with Gasteiger partial charge in [0.2, 0.25) is 11.0 Å². The summed E-state index contributed by atoms with van der Waals surface area (Å²) < 4.78 is 6.68. The van der Waals surface area contributed by atoms with Crippen molar-refractivity contribution in [1.82, 2.24) is 35.0 Å². The monoisotopic (exact) mass is 580 g/mol. The number of likely N-dealkylation sites (tertiary alicyclic amines) is 2. The molecule has 0 unspecified atom stereocenters. The molecule has 0 saturated carbocycles. The molecule has 1 aromatic carbocycles. The predicted octanol–water partition coefficient (Wildman–Crippen LogP) is 3.15. The van der Waals surface area contributed by atoms with Crippen LogP contribution in [0.25, 0.3) is 0 Å². The molecule has 41 heavy (non-hydrogen) atoms. The Hall–Kier alpha value is -4.04. The molecule has 5 rings (SSSR count). The number of carboxylic acids is 1. The van der Waals surface area contributed by atoms with Crippen molar-refractivity contribution >= 4 is 35.4 Å². The highest BCUT2D eigenvalue weighted by Gasteiger charge is 2.27. The number of nitrogens with one attached hydrogen (secondary N) is 1. The number of nitrogens with zero attached hydrogens (tertiary/aromatic N) is 7. The van der Waals surface area contributed by atoms with Crippen LogP contribution in [0, 0.1) is 0 Å². The zero-order valence-corrected chi connectivity index (χ0v) is 23.3. The van der Waals surface area contributed by atoms with E-state index in [4.69, 9.17) is 9.84 Å². The number of amides is 2. The Labute approximate surface area is 241 Å². The summed E-state index contributed by atoms with van der Waals surface area (Å²) in [4.78, 5) is 44.5. The zero-order chi connectivity index (χ0) is 28.6. The number of hydrogen-bond acceptors (Lipinski definition) is 10. The number of thioether (sulfide) groups is 1. The van der Waals surface area contributed by atoms with Gasteiger partial charge in [-0.1, -0.05) is 30.3 Å². The first kappa shape index (κ1) is 28.5. The van der Waals surface area contributed by atoms with E-state index >= 15 is 0 Å². The number of rotatable bonds is 9. The first-order valence-corrected chi connectivity index (χ1v) is 14.5. The van der Waals surface area contributed by atoms with Crippen molar-refractivity contribution in [1.29, 1.82) is 0 Å². The fourth-order valence-corrected chi connectivity index (χ4v) is 5.87. The number of pyridine rings is 1. The molecule has 3 aromatic rings. The molecule has 2 aromatic heterocycles. The lowest BCUT2D eigenvalue weighted by molar-refractivity contribution is -0.138. The number of aromatic nitrogens is 5. The standard InChI is InChI=1S/C27H32N8O5S/c36-24(37)18-35-26(30-31-32-35)41-22-10-14-34(15-11-22)27(39)40-23-9-8-21(16-28-23)29-25(38)20-6-4-19(5-7-20)17-33-12-2-1-3-13-33/h4-9,16,22H,1-3,10-15,17-18H2,(H,29,38)(H,36,37). The molecular formula is C27H32N8O5S. The molecule has 0 aliphatic carbocycles. The van der Waals surface area contributed by atoms with E-state index < -0.39 is 12.1 Å². The van der Waals surface area contributed by atoms with Gasteiger partial charge in [0.15, 0.2) is 0 Å². The summed E-state index contributed by atoms with van der Waals surface area (Å²) in [6.07, 6.45) is 6.10. The first-order valence-electron chi connectivity index (χ1n) is 13.6. The van der Waals surface area contributed by atoms with Crippen molar-refractivity contribution in [3.63, 3.8) is 0 Å². The maximum atomic E-state index is 12.7. The van der Waals surface area contributed by atoms with Gasteiger partial charge in [-0.3, -0.25) is 14.5 Å². The van der Waals surface area contributed by atoms with Crippen molar-refractivity contribution in [3.05, 3.63) is 53.7 Å². The number of carbonyl (C=O) groups excluding carboxylic acids is 2. The molecule has 13 nitrogen and oxygen atoms in total. The van der Waals surface area contributed by atoms with Gasteiger partial charge in [-0.15, -0.1) is 5.10 Å². The Morgan fingerprint density at radius 2 is 1.76 bits per heavy atom. The lowest BCUT2D eigenvalue weighted by atomic mass is 10.1. The van der Waals surface area contributed by atoms with Crippen LogP contribution in [0.15, 0.2) is 47.8 Å². The average Bonchev–Trinajstić information content (AvgIpc) is 3.41. The molecule has 14 heteroatoms. The van der Waals surface area contributed by atoms with Crippen LogP contribution in [0.2, 0.25) is 0 Å². The number of carboxylic acid groups (broad SMARTS) is 1. The molecule has 2 aliphatic rings. The molecule has 0 spiro atoms. The third-order valence-electron chi connectivity index (χ3n) is 7.01. The SMILES string of the molecule is O=C(O)Cn1nnnc1SC1CCN(C(=O)Oc2ccc(NC(=O)c3ccc(CN4CCCCC4)cc3)cn2)CC1. The van der Waals surface area contributed by atoms with Crippen molar-refractivity contribution in [2.24, 2.45) is 0 Å². The third-order valence-corrected chi connectivity index (χ3v) is 8.32. The van der Waals surface area contributed by atoms with Gasteiger partial charge in [0.05, 0.1) is 11.9 Å². The molecule has 0 atom stereocenters. The van der Waals surface area contributed by atoms with Gasteiger partial charge in [0, 0.05) is 36.5 Å². The second kappa shape index (κ2) is 13.5. The first-order chi connectivity index (χ1) is 19.9. The minimum absolute atomic E-state index is 0.138. The fourth-order valence-electron chi connectivity index (χ4n) is 4.82. The number of piperidine rings is 2. The van der Waals surface area contributed by atoms with E-state index in [9.17, 15) is 14.4 Å². The number of hydrogen-bond donors (Lipinski definition) is 2. The predicted molar refractivity (Wildman–Crippen MR) is 150 cm³/mol. The second-order valence-corrected chi connectivity index (χ2v) is 11.3. The Kier molecular flexibility index (Phi) is 9.41. The van der Waals surface area contributed by atoms with Crippen LogP contribution < -0.4 is 10.1 Å². The van der Waals surface area contributed by atoms with E-state index in [0.717, 1.165) is 19.6 Å². The minimum atomic E-state index is -1.02. The number of tetrazole rings is 1. The zero-order valence-electron chi connectivity index (χ0n) is 22.5. The van der Waals surface area contributed by atoms with Crippen LogP contribution in [0.4, 0.5) is 10.5 Å². The molecule has 4 heterocycles. The number of carbonyl (C=O) groups is 3. The Bertz CT molecular complexity index is 1340. The molecule has 2 saturated heterocycles. The molecule has 2 N–H and O–H groups in total. The quantitative estimate of drug-likeness (QED) is 0.383. The van der Waals surface area contributed by atoms with E-state index in [1.54, 1.807) is 17.0 Å². The van der Waals surface area contributed by atoms with Crippen molar-refractivity contribution in [3.8, 4) is 5.88 Å². The summed E-state index contributed by atoms with van der Waals surface area (Å²) in [7, 11) is 0. The lowest BCUT2D eigenvalue weighted by Crippen LogP contribution is -2.41. The van der Waals surface area contributed by atoms with Crippen LogP contribution in [0.3, 0.4) is 0 Å². The van der Waals surface area contributed by atoms with Crippen LogP contribution in [-0.2, 0) is 17.9 Å². The van der Waals surface area contributed by atoms with E-state index in [0.29, 0.717) is 42.3 Å². The normalized spacial score (nSPS) is 16.3. The summed E-state index contributed by atoms with van der Waals surface area (Å²) in [5.74, 6) is -1.12. The Morgan fingerprint density at radius 3 is 2.44 bits per heavy atom. The summed E-state index contributed by atoms with van der Waals surface area (Å²) >= 11 is 1.41. The molecule has 2 amide bonds. The Balaban J connectivity index is 1.06. The highest BCUT2D eigenvalue weighted by molar-refractivity contribution is 7.99. The van der Waals surface area contributed by atoms with Crippen molar-refractivity contribution < 1.29 is 24.2 Å². The summed E-state index contributed by atoms with van der Waals surface area (Å²) in [5, 5.41) is 23.5. The fraction of sp³-hybridized carbons (Fsp3) is 0.444. The van der Waals surface area contributed by atoms with Gasteiger partial charge in [0.1, 0.15) is 6.54 Å². The van der Waals surface area contributed by atoms with E-state index in [1.807, 2.05) is 24.3 Å². The summed E-state index contributed by atoms with van der Waals surface area (Å²) in [6, 6.07) is 10.8. The summed E-state index contributed by atoms with van der Waals surface area (Å²) in [6.45, 7) is 3.80. The molecular weight excluding hydrogens is 548 g/mol. The van der Waals surface area contributed by atoms with Crippen LogP contribution in [0.5, 0.6) is 5.88 Å². The molecule has 2 fully saturated rings. The van der Waals surface area contributed by atoms with E-state index in [2.05, 4.69) is 30.7 Å². The molecule has 2 aliphatic heterocycles. The van der Waals surface area contributed by atoms with Gasteiger partial charge in [-0.05, 0) is 73.0 Å². The second-order valence-electron chi connectivity index (χ2n) is 10.1. The lowest BCUT2D eigenvalue weighted by Gasteiger charge is -2.30. The number of ether oxygens (including phenoxy) is 1. The number of anilines is 1. The van der Waals surface area contributed by atoms with Crippen LogP contribution >= 0.6 is 11.8 Å². The molecule has 216 valence electrons. The topological polar surface area (TPSA) is 156 Å². The molecule has 0 bridgehead atoms. The van der Waals surface area contributed by atoms with E-state index in [1.165, 1.54) is 47.5 Å². The minimum Gasteiger partial charge on any atom is -0.480 e. The van der Waals surface area contributed by atoms with Crippen LogP contribution in [0.1, 0.15) is 48.0 Å². The third kappa shape index (κ3) is 8.01. The maximum absolute atomic E-state index is 12.7. The maximum Gasteiger partial charge on any atom is 0.416 e. The van der Waals surface area contributed by atoms with Gasteiger partial charge in [-0.25, -0.2) is 14.5 Å². The molecule has 0 radical (unpaired) electrons. The van der Waals surface area contributed by atoms with Crippen LogP contribution in [-0.4, -0.2) is 89.5 Å². The average molecular weight is 581 g/mol. The number of aliphatic carboxylic acids is 1. The summed E-state index contributed by atoms with van der Waals surface area (Å²) in [5.41, 5.74) is 2.25. The van der Waals surface area contributed by atoms with Gasteiger partial charge in [0.25, 0.3) is 5.91 Å². The highest BCUT2D eigenvalue weighted by Crippen LogP contribution is 2.29. The van der Waals surface area contributed by atoms with Crippen molar-refractivity contribution in [2.75, 3.05) is 31.5 Å². The Morgan fingerprint density at radius 1 is 1.00 bits per heavy atom.